The second-order valence-electron chi connectivity index (χ2n) is 3.99. The van der Waals surface area contributed by atoms with Gasteiger partial charge in [0.15, 0.2) is 0 Å². The largest absolute Gasteiger partial charge is 0.451 e. The number of ether oxygens (including phenoxy) is 1. The highest BCUT2D eigenvalue weighted by Crippen LogP contribution is 2.33. The zero-order valence-corrected chi connectivity index (χ0v) is 10.7. The molecule has 0 amide bonds. The van der Waals surface area contributed by atoms with Crippen molar-refractivity contribution in [3.05, 3.63) is 11.9 Å². The average Bonchev–Trinajstić information content (AvgIpc) is 2.38. The molecule has 1 fully saturated rings. The normalized spacial score (nSPS) is 17.5. The summed E-state index contributed by atoms with van der Waals surface area (Å²) in [5.74, 6) is 3.90. The quantitative estimate of drug-likeness (QED) is 0.505. The molecule has 5 nitrogen and oxygen atoms in total. The van der Waals surface area contributed by atoms with Crippen molar-refractivity contribution in [2.24, 2.45) is 5.84 Å². The monoisotopic (exact) mass is 294 g/mol. The Kier molecular flexibility index (Phi) is 4.48. The van der Waals surface area contributed by atoms with E-state index >= 15 is 0 Å². The number of thioether (sulfide) groups is 1. The predicted molar refractivity (Wildman–Crippen MR) is 64.5 cm³/mol. The molecule has 1 aromatic heterocycles. The van der Waals surface area contributed by atoms with Gasteiger partial charge in [0.25, 0.3) is 0 Å². The van der Waals surface area contributed by atoms with Gasteiger partial charge < -0.3 is 10.2 Å². The Morgan fingerprint density at radius 3 is 2.58 bits per heavy atom. The van der Waals surface area contributed by atoms with E-state index in [0.29, 0.717) is 13.2 Å². The first kappa shape index (κ1) is 14.4. The molecular weight excluding hydrogens is 281 g/mol. The summed E-state index contributed by atoms with van der Waals surface area (Å²) in [7, 11) is 0. The number of nitrogen functional groups attached to an aromatic ring is 1. The van der Waals surface area contributed by atoms with Gasteiger partial charge in [-0.2, -0.15) is 13.2 Å². The highest BCUT2D eigenvalue weighted by atomic mass is 32.2. The zero-order valence-electron chi connectivity index (χ0n) is 9.91. The van der Waals surface area contributed by atoms with Crippen LogP contribution in [0.2, 0.25) is 0 Å². The fourth-order valence-electron chi connectivity index (χ4n) is 1.65. The Balaban J connectivity index is 2.19. The number of hydrazine groups is 1. The molecule has 106 valence electrons. The van der Waals surface area contributed by atoms with E-state index in [1.807, 2.05) is 0 Å². The zero-order chi connectivity index (χ0) is 13.9. The molecule has 0 aliphatic carbocycles. The summed E-state index contributed by atoms with van der Waals surface area (Å²) in [6.07, 6.45) is -3.00. The van der Waals surface area contributed by atoms with Gasteiger partial charge in [-0.05, 0) is 12.8 Å². The van der Waals surface area contributed by atoms with Gasteiger partial charge in [-0.15, -0.1) is 11.8 Å². The van der Waals surface area contributed by atoms with E-state index in [4.69, 9.17) is 10.6 Å². The lowest BCUT2D eigenvalue weighted by molar-refractivity contribution is -0.145. The third-order valence-corrected chi connectivity index (χ3v) is 3.82. The van der Waals surface area contributed by atoms with Crippen molar-refractivity contribution in [2.45, 2.75) is 29.3 Å². The minimum absolute atomic E-state index is 0.0446. The van der Waals surface area contributed by atoms with Crippen LogP contribution >= 0.6 is 11.8 Å². The summed E-state index contributed by atoms with van der Waals surface area (Å²) in [5.41, 5.74) is 2.13. The number of halogens is 3. The molecule has 1 saturated heterocycles. The van der Waals surface area contributed by atoms with Crippen LogP contribution < -0.4 is 11.3 Å². The fraction of sp³-hybridized carbons (Fsp3) is 0.600. The number of rotatable bonds is 3. The SMILES string of the molecule is NNc1cc(SC2CCOCC2)nc(C(F)(F)F)n1. The number of nitrogens with zero attached hydrogens (tertiary/aromatic N) is 2. The van der Waals surface area contributed by atoms with Gasteiger partial charge in [0.05, 0.1) is 0 Å². The molecule has 0 spiro atoms. The number of nitrogens with one attached hydrogen (secondary N) is 1. The van der Waals surface area contributed by atoms with Crippen molar-refractivity contribution >= 4 is 17.6 Å². The van der Waals surface area contributed by atoms with Crippen LogP contribution in [0.25, 0.3) is 0 Å². The summed E-state index contributed by atoms with van der Waals surface area (Å²) in [5, 5.41) is 0.470. The van der Waals surface area contributed by atoms with E-state index in [-0.39, 0.29) is 16.1 Å². The number of aromatic nitrogens is 2. The van der Waals surface area contributed by atoms with Crippen molar-refractivity contribution in [3.8, 4) is 0 Å². The average molecular weight is 294 g/mol. The molecule has 0 aromatic carbocycles. The Bertz CT molecular complexity index is 437. The van der Waals surface area contributed by atoms with Crippen LogP contribution in [0.1, 0.15) is 18.7 Å². The van der Waals surface area contributed by atoms with E-state index in [0.717, 1.165) is 12.8 Å². The lowest BCUT2D eigenvalue weighted by Crippen LogP contribution is -2.19. The first-order valence-corrected chi connectivity index (χ1v) is 6.54. The van der Waals surface area contributed by atoms with Crippen molar-refractivity contribution < 1.29 is 17.9 Å². The van der Waals surface area contributed by atoms with Gasteiger partial charge in [-0.25, -0.2) is 15.8 Å². The van der Waals surface area contributed by atoms with Crippen LogP contribution in [-0.2, 0) is 10.9 Å². The third kappa shape index (κ3) is 3.95. The molecule has 0 saturated carbocycles. The Hall–Kier alpha value is -1.06. The van der Waals surface area contributed by atoms with Crippen LogP contribution in [0.15, 0.2) is 11.1 Å². The van der Waals surface area contributed by atoms with E-state index in [2.05, 4.69) is 15.4 Å². The molecule has 19 heavy (non-hydrogen) atoms. The maximum absolute atomic E-state index is 12.6. The number of anilines is 1. The van der Waals surface area contributed by atoms with E-state index in [1.54, 1.807) is 0 Å². The van der Waals surface area contributed by atoms with E-state index < -0.39 is 12.0 Å². The maximum atomic E-state index is 12.6. The summed E-state index contributed by atoms with van der Waals surface area (Å²) < 4.78 is 43.1. The second-order valence-corrected chi connectivity index (χ2v) is 5.31. The Morgan fingerprint density at radius 1 is 1.32 bits per heavy atom. The molecule has 2 rings (SSSR count). The van der Waals surface area contributed by atoms with Crippen molar-refractivity contribution in [1.82, 2.24) is 9.97 Å². The molecule has 0 radical (unpaired) electrons. The molecule has 2 heterocycles. The maximum Gasteiger partial charge on any atom is 0.451 e. The topological polar surface area (TPSA) is 73.1 Å². The summed E-state index contributed by atoms with van der Waals surface area (Å²) >= 11 is 1.30. The minimum atomic E-state index is -4.59. The third-order valence-electron chi connectivity index (χ3n) is 2.56. The Morgan fingerprint density at radius 2 is 2.00 bits per heavy atom. The van der Waals surface area contributed by atoms with Gasteiger partial charge in [0, 0.05) is 24.5 Å². The number of hydrogen-bond acceptors (Lipinski definition) is 6. The van der Waals surface area contributed by atoms with Gasteiger partial charge in [-0.1, -0.05) is 0 Å². The van der Waals surface area contributed by atoms with Crippen LogP contribution in [0.4, 0.5) is 19.0 Å². The van der Waals surface area contributed by atoms with Gasteiger partial charge in [-0.3, -0.25) is 0 Å². The molecule has 1 aliphatic rings. The molecule has 0 atom stereocenters. The molecule has 9 heteroatoms. The van der Waals surface area contributed by atoms with Gasteiger partial charge >= 0.3 is 6.18 Å². The molecular formula is C10H13F3N4OS. The number of hydrogen-bond donors (Lipinski definition) is 2. The molecule has 0 bridgehead atoms. The van der Waals surface area contributed by atoms with Crippen molar-refractivity contribution in [3.63, 3.8) is 0 Å². The van der Waals surface area contributed by atoms with E-state index in [9.17, 15) is 13.2 Å². The van der Waals surface area contributed by atoms with Gasteiger partial charge in [0.1, 0.15) is 10.8 Å². The molecule has 1 aromatic rings. The van der Waals surface area contributed by atoms with Crippen LogP contribution in [-0.4, -0.2) is 28.4 Å². The standard InChI is InChI=1S/C10H13F3N4OS/c11-10(12,13)9-15-7(17-14)5-8(16-9)19-6-1-3-18-4-2-6/h5-6H,1-4,14H2,(H,15,16,17). The highest BCUT2D eigenvalue weighted by Gasteiger charge is 2.35. The minimum Gasteiger partial charge on any atom is -0.381 e. The second kappa shape index (κ2) is 5.93. The predicted octanol–water partition coefficient (Wildman–Crippen LogP) is 2.05. The fourth-order valence-corrected chi connectivity index (χ4v) is 2.74. The van der Waals surface area contributed by atoms with Crippen LogP contribution in [0.5, 0.6) is 0 Å². The lowest BCUT2D eigenvalue weighted by atomic mass is 10.2. The summed E-state index contributed by atoms with van der Waals surface area (Å²) in [6.45, 7) is 1.24. The first-order valence-electron chi connectivity index (χ1n) is 5.66. The first-order chi connectivity index (χ1) is 8.99. The van der Waals surface area contributed by atoms with Crippen LogP contribution in [0, 0.1) is 0 Å². The molecule has 3 N–H and O–H groups in total. The summed E-state index contributed by atoms with van der Waals surface area (Å²) in [4.78, 5) is 6.84. The van der Waals surface area contributed by atoms with Crippen molar-refractivity contribution in [1.29, 1.82) is 0 Å². The summed E-state index contributed by atoms with van der Waals surface area (Å²) in [6, 6.07) is 1.41. The smallest absolute Gasteiger partial charge is 0.381 e. The highest BCUT2D eigenvalue weighted by molar-refractivity contribution is 7.99. The molecule has 1 aliphatic heterocycles. The number of alkyl halides is 3. The Labute approximate surface area is 112 Å². The lowest BCUT2D eigenvalue weighted by Gasteiger charge is -2.21. The number of nitrogens with two attached hydrogens (primary N) is 1. The van der Waals surface area contributed by atoms with Gasteiger partial charge in [0.2, 0.25) is 5.82 Å². The van der Waals surface area contributed by atoms with Crippen molar-refractivity contribution in [2.75, 3.05) is 18.6 Å². The van der Waals surface area contributed by atoms with E-state index in [1.165, 1.54) is 17.8 Å². The molecule has 0 unspecified atom stereocenters. The van der Waals surface area contributed by atoms with Crippen LogP contribution in [0.3, 0.4) is 0 Å².